The minimum absolute atomic E-state index is 0.0285. The highest BCUT2D eigenvalue weighted by atomic mass is 16.6. The van der Waals surface area contributed by atoms with Crippen molar-refractivity contribution in [3.63, 3.8) is 0 Å². The highest BCUT2D eigenvalue weighted by Crippen LogP contribution is 2.26. The van der Waals surface area contributed by atoms with Crippen molar-refractivity contribution < 1.29 is 14.3 Å². The van der Waals surface area contributed by atoms with Gasteiger partial charge in [-0.05, 0) is 46.0 Å². The van der Waals surface area contributed by atoms with E-state index in [1.54, 1.807) is 4.90 Å². The predicted molar refractivity (Wildman–Crippen MR) is 79.7 cm³/mol. The maximum Gasteiger partial charge on any atom is 0.410 e. The quantitative estimate of drug-likeness (QED) is 0.762. The Labute approximate surface area is 126 Å². The normalized spacial score (nSPS) is 28.2. The van der Waals surface area contributed by atoms with Crippen LogP contribution in [0, 0.1) is 5.92 Å². The van der Waals surface area contributed by atoms with Gasteiger partial charge in [-0.25, -0.2) is 4.79 Å². The molecule has 2 aliphatic heterocycles. The van der Waals surface area contributed by atoms with Crippen LogP contribution in [0.25, 0.3) is 0 Å². The Balaban J connectivity index is 1.85. The maximum atomic E-state index is 12.0. The summed E-state index contributed by atoms with van der Waals surface area (Å²) in [5.74, 6) is 0.444. The Morgan fingerprint density at radius 3 is 2.48 bits per heavy atom. The first kappa shape index (κ1) is 16.1. The highest BCUT2D eigenvalue weighted by molar-refractivity contribution is 5.77. The number of carbonyl (C=O) groups excluding carboxylic acids is 2. The van der Waals surface area contributed by atoms with Crippen molar-refractivity contribution in [2.24, 2.45) is 11.7 Å². The number of carbonyl (C=O) groups is 2. The zero-order valence-corrected chi connectivity index (χ0v) is 13.2. The van der Waals surface area contributed by atoms with E-state index in [9.17, 15) is 9.59 Å². The molecule has 120 valence electrons. The number of nitrogens with two attached hydrogens (primary N) is 1. The molecule has 2 atom stereocenters. The molecule has 0 saturated carbocycles. The molecule has 3 N–H and O–H groups in total. The van der Waals surface area contributed by atoms with E-state index in [1.807, 2.05) is 20.8 Å². The molecular formula is C15H27N3O3. The van der Waals surface area contributed by atoms with Crippen LogP contribution in [-0.4, -0.2) is 47.7 Å². The second-order valence-electron chi connectivity index (χ2n) is 7.10. The van der Waals surface area contributed by atoms with Gasteiger partial charge in [0, 0.05) is 31.6 Å². The summed E-state index contributed by atoms with van der Waals surface area (Å²) < 4.78 is 5.39. The van der Waals surface area contributed by atoms with Gasteiger partial charge >= 0.3 is 6.09 Å². The smallest absolute Gasteiger partial charge is 0.410 e. The summed E-state index contributed by atoms with van der Waals surface area (Å²) in [6.45, 7) is 6.94. The van der Waals surface area contributed by atoms with E-state index < -0.39 is 5.60 Å². The van der Waals surface area contributed by atoms with Gasteiger partial charge in [0.2, 0.25) is 5.91 Å². The third-order valence-electron chi connectivity index (χ3n) is 4.19. The molecule has 0 bridgehead atoms. The van der Waals surface area contributed by atoms with Crippen LogP contribution in [0.5, 0.6) is 0 Å². The molecule has 2 rings (SSSR count). The van der Waals surface area contributed by atoms with Crippen molar-refractivity contribution in [2.75, 3.05) is 13.1 Å². The SMILES string of the molecule is CC(C)(C)OC(=O)N1CCC([C@H]2NC(=O)CC[C@@H]2N)CC1. The van der Waals surface area contributed by atoms with E-state index in [2.05, 4.69) is 5.32 Å². The van der Waals surface area contributed by atoms with Gasteiger partial charge < -0.3 is 20.7 Å². The minimum Gasteiger partial charge on any atom is -0.444 e. The predicted octanol–water partition coefficient (Wildman–Crippen LogP) is 1.24. The first-order valence-electron chi connectivity index (χ1n) is 7.79. The number of rotatable bonds is 1. The summed E-state index contributed by atoms with van der Waals surface area (Å²) in [6.07, 6.45) is 2.74. The van der Waals surface area contributed by atoms with E-state index in [0.29, 0.717) is 25.4 Å². The van der Waals surface area contributed by atoms with Gasteiger partial charge in [0.15, 0.2) is 0 Å². The minimum atomic E-state index is -0.465. The average molecular weight is 297 g/mol. The van der Waals surface area contributed by atoms with Crippen molar-refractivity contribution in [1.29, 1.82) is 0 Å². The van der Waals surface area contributed by atoms with Crippen LogP contribution in [0.3, 0.4) is 0 Å². The monoisotopic (exact) mass is 297 g/mol. The molecule has 2 fully saturated rings. The summed E-state index contributed by atoms with van der Waals surface area (Å²) in [7, 11) is 0. The van der Waals surface area contributed by atoms with E-state index in [1.165, 1.54) is 0 Å². The fourth-order valence-corrected chi connectivity index (χ4v) is 3.08. The molecule has 2 aliphatic rings. The summed E-state index contributed by atoms with van der Waals surface area (Å²) >= 11 is 0. The fourth-order valence-electron chi connectivity index (χ4n) is 3.08. The lowest BCUT2D eigenvalue weighted by Gasteiger charge is -2.40. The summed E-state index contributed by atoms with van der Waals surface area (Å²) in [5, 5.41) is 3.02. The molecule has 2 amide bonds. The fraction of sp³-hybridized carbons (Fsp3) is 0.867. The Kier molecular flexibility index (Phi) is 4.76. The van der Waals surface area contributed by atoms with Crippen LogP contribution in [0.2, 0.25) is 0 Å². The average Bonchev–Trinajstić information content (AvgIpc) is 2.40. The zero-order chi connectivity index (χ0) is 15.6. The zero-order valence-electron chi connectivity index (χ0n) is 13.2. The number of likely N-dealkylation sites (tertiary alicyclic amines) is 1. The molecule has 2 heterocycles. The van der Waals surface area contributed by atoms with Crippen molar-refractivity contribution in [2.45, 2.75) is 64.1 Å². The van der Waals surface area contributed by atoms with E-state index >= 15 is 0 Å². The Bertz CT molecular complexity index is 397. The molecule has 6 heteroatoms. The molecule has 0 aromatic heterocycles. The van der Waals surface area contributed by atoms with Crippen LogP contribution in [-0.2, 0) is 9.53 Å². The van der Waals surface area contributed by atoms with Gasteiger partial charge in [0.25, 0.3) is 0 Å². The van der Waals surface area contributed by atoms with E-state index in [4.69, 9.17) is 10.5 Å². The number of nitrogens with zero attached hydrogens (tertiary/aromatic N) is 1. The maximum absolute atomic E-state index is 12.0. The van der Waals surface area contributed by atoms with Crippen LogP contribution in [0.4, 0.5) is 4.79 Å². The molecule has 2 saturated heterocycles. The molecular weight excluding hydrogens is 270 g/mol. The highest BCUT2D eigenvalue weighted by Gasteiger charge is 2.35. The van der Waals surface area contributed by atoms with Crippen LogP contribution in [0.15, 0.2) is 0 Å². The first-order chi connectivity index (χ1) is 9.76. The lowest BCUT2D eigenvalue weighted by Crippen LogP contribution is -2.57. The number of piperidine rings is 2. The Hall–Kier alpha value is -1.30. The molecule has 0 aromatic rings. The van der Waals surface area contributed by atoms with Gasteiger partial charge in [0.05, 0.1) is 0 Å². The lowest BCUT2D eigenvalue weighted by atomic mass is 9.82. The number of hydrogen-bond acceptors (Lipinski definition) is 4. The van der Waals surface area contributed by atoms with Gasteiger partial charge in [-0.1, -0.05) is 0 Å². The molecule has 0 radical (unpaired) electrons. The molecule has 0 aliphatic carbocycles. The molecule has 0 spiro atoms. The molecule has 0 aromatic carbocycles. The third-order valence-corrected chi connectivity index (χ3v) is 4.19. The molecule has 6 nitrogen and oxygen atoms in total. The topological polar surface area (TPSA) is 84.7 Å². The standard InChI is InChI=1S/C15H27N3O3/c1-15(2,3)21-14(20)18-8-6-10(7-9-18)13-11(16)4-5-12(19)17-13/h10-11,13H,4-9,16H2,1-3H3,(H,17,19)/t11-,13+/m0/s1. The molecule has 0 unspecified atom stereocenters. The van der Waals surface area contributed by atoms with Crippen LogP contribution >= 0.6 is 0 Å². The first-order valence-corrected chi connectivity index (χ1v) is 7.79. The second-order valence-corrected chi connectivity index (χ2v) is 7.10. The number of nitrogens with one attached hydrogen (secondary N) is 1. The van der Waals surface area contributed by atoms with Crippen molar-refractivity contribution in [1.82, 2.24) is 10.2 Å². The second kappa shape index (κ2) is 6.22. The van der Waals surface area contributed by atoms with Crippen molar-refractivity contribution in [3.8, 4) is 0 Å². The van der Waals surface area contributed by atoms with Crippen molar-refractivity contribution in [3.05, 3.63) is 0 Å². The Morgan fingerprint density at radius 2 is 1.90 bits per heavy atom. The van der Waals surface area contributed by atoms with Gasteiger partial charge in [0.1, 0.15) is 5.60 Å². The number of ether oxygens (including phenoxy) is 1. The molecule has 21 heavy (non-hydrogen) atoms. The Morgan fingerprint density at radius 1 is 1.29 bits per heavy atom. The number of hydrogen-bond donors (Lipinski definition) is 2. The van der Waals surface area contributed by atoms with Crippen molar-refractivity contribution >= 4 is 12.0 Å². The summed E-state index contributed by atoms with van der Waals surface area (Å²) in [6, 6.07) is 0.0767. The summed E-state index contributed by atoms with van der Waals surface area (Å²) in [4.78, 5) is 25.3. The van der Waals surface area contributed by atoms with Crippen LogP contribution < -0.4 is 11.1 Å². The summed E-state index contributed by atoms with van der Waals surface area (Å²) in [5.41, 5.74) is 5.67. The lowest BCUT2D eigenvalue weighted by molar-refractivity contribution is -0.124. The van der Waals surface area contributed by atoms with Gasteiger partial charge in [-0.15, -0.1) is 0 Å². The number of amides is 2. The van der Waals surface area contributed by atoms with Gasteiger partial charge in [-0.3, -0.25) is 4.79 Å². The third kappa shape index (κ3) is 4.33. The van der Waals surface area contributed by atoms with Gasteiger partial charge in [-0.2, -0.15) is 0 Å². The van der Waals surface area contributed by atoms with Crippen LogP contribution in [0.1, 0.15) is 46.5 Å². The van der Waals surface area contributed by atoms with E-state index in [-0.39, 0.29) is 24.1 Å². The largest absolute Gasteiger partial charge is 0.444 e. The van der Waals surface area contributed by atoms with E-state index in [0.717, 1.165) is 19.3 Å².